The molecule has 5 nitrogen and oxygen atoms in total. The van der Waals surface area contributed by atoms with Crippen LogP contribution in [0, 0.1) is 8.78 Å². The molecule has 3 aromatic rings. The summed E-state index contributed by atoms with van der Waals surface area (Å²) in [5.74, 6) is -3.00. The molecule has 0 unspecified atom stereocenters. The predicted octanol–water partition coefficient (Wildman–Crippen LogP) is 6.87. The van der Waals surface area contributed by atoms with E-state index in [0.29, 0.717) is 5.39 Å². The van der Waals surface area contributed by atoms with Gasteiger partial charge in [-0.3, -0.25) is 9.78 Å². The molecule has 0 bridgehead atoms. The Balaban J connectivity index is 2.16. The third kappa shape index (κ3) is 4.96. The molecular weight excluding hydrogens is 614 g/mol. The average Bonchev–Trinajstić information content (AvgIpc) is 2.75. The van der Waals surface area contributed by atoms with Crippen molar-refractivity contribution in [3.05, 3.63) is 68.6 Å². The van der Waals surface area contributed by atoms with Gasteiger partial charge in [-0.2, -0.15) is 35.1 Å². The Morgan fingerprint density at radius 2 is 1.63 bits per heavy atom. The Morgan fingerprint density at radius 1 is 1.00 bits per heavy atom. The smallest absolute Gasteiger partial charge is 0.435 e. The van der Waals surface area contributed by atoms with E-state index in [1.807, 2.05) is 0 Å². The van der Waals surface area contributed by atoms with Crippen LogP contribution in [0.15, 0.2) is 48.7 Å². The third-order valence-corrected chi connectivity index (χ3v) is 5.49. The minimum atomic E-state index is -6.55. The molecule has 0 atom stereocenters. The van der Waals surface area contributed by atoms with Crippen LogP contribution in [0.4, 0.5) is 45.2 Å². The highest BCUT2D eigenvalue weighted by atomic mass is 127. The van der Waals surface area contributed by atoms with Crippen molar-refractivity contribution < 1.29 is 49.0 Å². The van der Waals surface area contributed by atoms with Gasteiger partial charge in [-0.15, -0.1) is 0 Å². The van der Waals surface area contributed by atoms with Crippen LogP contribution >= 0.6 is 22.6 Å². The Bertz CT molecular complexity index is 1250. The van der Waals surface area contributed by atoms with Gasteiger partial charge in [0.15, 0.2) is 5.75 Å². The van der Waals surface area contributed by atoms with Crippen molar-refractivity contribution in [1.82, 2.24) is 4.98 Å². The van der Waals surface area contributed by atoms with Crippen LogP contribution in [0.5, 0.6) is 5.75 Å². The van der Waals surface area contributed by atoms with Crippen LogP contribution in [-0.2, 0) is 5.67 Å². The lowest BCUT2D eigenvalue weighted by Crippen LogP contribution is -2.50. The molecule has 0 saturated heterocycles. The van der Waals surface area contributed by atoms with E-state index in [9.17, 15) is 49.5 Å². The number of pyridine rings is 1. The van der Waals surface area contributed by atoms with Gasteiger partial charge >= 0.3 is 24.6 Å². The van der Waals surface area contributed by atoms with Gasteiger partial charge in [0.05, 0.1) is 11.2 Å². The van der Waals surface area contributed by atoms with Gasteiger partial charge in [-0.05, 0) is 52.9 Å². The van der Waals surface area contributed by atoms with Gasteiger partial charge in [0.2, 0.25) is 5.91 Å². The standard InChI is InChI=1S/C20H9F9IN2O3/c21-17(22)35-14-8-11(18(23,19(24,25)26)20(27,28)29)7-12(30)15(14)32(34)16(33)10-4-3-9-2-1-5-31-13(9)6-10/h1-8,17H/q-1. The summed E-state index contributed by atoms with van der Waals surface area (Å²) in [7, 11) is 0. The van der Waals surface area contributed by atoms with Gasteiger partial charge in [0, 0.05) is 26.3 Å². The second-order valence-corrected chi connectivity index (χ2v) is 8.01. The number of anilines is 1. The van der Waals surface area contributed by atoms with E-state index in [0.717, 1.165) is 34.7 Å². The van der Waals surface area contributed by atoms with Crippen molar-refractivity contribution in [2.24, 2.45) is 0 Å². The number of hydrogen-bond acceptors (Lipinski definition) is 4. The number of nitrogens with zero attached hydrogens (tertiary/aromatic N) is 2. The average molecular weight is 623 g/mol. The minimum Gasteiger partial charge on any atom is -0.751 e. The first-order valence-electron chi connectivity index (χ1n) is 9.05. The number of fused-ring (bicyclic) bond motifs is 1. The number of hydroxylamine groups is 1. The normalized spacial score (nSPS) is 12.8. The lowest BCUT2D eigenvalue weighted by atomic mass is 9.93. The third-order valence-electron chi connectivity index (χ3n) is 4.66. The largest absolute Gasteiger partial charge is 0.751 e. The summed E-state index contributed by atoms with van der Waals surface area (Å²) < 4.78 is 122. The molecule has 2 aromatic carbocycles. The topological polar surface area (TPSA) is 65.5 Å². The second-order valence-electron chi connectivity index (χ2n) is 6.85. The number of rotatable bonds is 5. The molecule has 188 valence electrons. The maximum absolute atomic E-state index is 14.5. The van der Waals surface area contributed by atoms with Crippen molar-refractivity contribution in [2.45, 2.75) is 24.6 Å². The van der Waals surface area contributed by atoms with Crippen LogP contribution < -0.4 is 9.80 Å². The molecule has 1 amide bonds. The molecule has 0 saturated carbocycles. The Kier molecular flexibility index (Phi) is 7.14. The number of benzene rings is 2. The minimum absolute atomic E-state index is 0.0324. The van der Waals surface area contributed by atoms with Gasteiger partial charge in [-0.1, -0.05) is 12.1 Å². The van der Waals surface area contributed by atoms with E-state index in [1.54, 1.807) is 12.1 Å². The fourth-order valence-electron chi connectivity index (χ4n) is 3.06. The molecule has 1 heterocycles. The Labute approximate surface area is 203 Å². The van der Waals surface area contributed by atoms with Gasteiger partial charge < -0.3 is 15.0 Å². The molecule has 0 aliphatic heterocycles. The highest BCUT2D eigenvalue weighted by molar-refractivity contribution is 14.1. The summed E-state index contributed by atoms with van der Waals surface area (Å²) in [5.41, 5.74) is -9.39. The summed E-state index contributed by atoms with van der Waals surface area (Å²) in [6.45, 7) is -3.85. The molecule has 35 heavy (non-hydrogen) atoms. The highest BCUT2D eigenvalue weighted by Gasteiger charge is 2.73. The lowest BCUT2D eigenvalue weighted by Gasteiger charge is -2.34. The van der Waals surface area contributed by atoms with E-state index >= 15 is 0 Å². The molecular formula is C20H9F9IN2O3-. The first-order valence-corrected chi connectivity index (χ1v) is 10.1. The number of carbonyl (C=O) groups is 1. The number of aromatic nitrogens is 1. The first kappa shape index (κ1) is 26.8. The van der Waals surface area contributed by atoms with E-state index in [2.05, 4.69) is 9.72 Å². The molecule has 15 heteroatoms. The Morgan fingerprint density at radius 3 is 2.20 bits per heavy atom. The quantitative estimate of drug-likeness (QED) is 0.177. The van der Waals surface area contributed by atoms with E-state index in [4.69, 9.17) is 0 Å². The lowest BCUT2D eigenvalue weighted by molar-refractivity contribution is -0.348. The molecule has 0 aliphatic carbocycles. The van der Waals surface area contributed by atoms with Crippen molar-refractivity contribution in [3.8, 4) is 5.75 Å². The summed E-state index contributed by atoms with van der Waals surface area (Å²) in [4.78, 5) is 16.6. The zero-order chi connectivity index (χ0) is 26.3. The predicted molar refractivity (Wildman–Crippen MR) is 113 cm³/mol. The van der Waals surface area contributed by atoms with E-state index < -0.39 is 56.2 Å². The maximum atomic E-state index is 14.5. The summed E-state index contributed by atoms with van der Waals surface area (Å²) in [5, 5.41) is 12.7. The zero-order valence-corrected chi connectivity index (χ0v) is 18.8. The van der Waals surface area contributed by atoms with Crippen molar-refractivity contribution in [2.75, 3.05) is 5.06 Å². The number of hydrogen-bond donors (Lipinski definition) is 0. The molecule has 1 aromatic heterocycles. The number of ether oxygens (including phenoxy) is 1. The van der Waals surface area contributed by atoms with E-state index in [-0.39, 0.29) is 23.2 Å². The number of halogens is 10. The molecule has 0 radical (unpaired) electrons. The summed E-state index contributed by atoms with van der Waals surface area (Å²) in [6.07, 6.45) is -11.7. The van der Waals surface area contributed by atoms with Crippen molar-refractivity contribution in [3.63, 3.8) is 0 Å². The number of amides is 1. The van der Waals surface area contributed by atoms with Crippen LogP contribution in [0.3, 0.4) is 0 Å². The van der Waals surface area contributed by atoms with Crippen molar-refractivity contribution in [1.29, 1.82) is 0 Å². The van der Waals surface area contributed by atoms with Crippen LogP contribution in [0.1, 0.15) is 15.9 Å². The van der Waals surface area contributed by atoms with E-state index in [1.165, 1.54) is 12.3 Å². The first-order chi connectivity index (χ1) is 16.1. The second kappa shape index (κ2) is 9.33. The molecule has 0 N–H and O–H groups in total. The summed E-state index contributed by atoms with van der Waals surface area (Å²) in [6, 6.07) is 6.52. The van der Waals surface area contributed by atoms with Crippen LogP contribution in [-0.4, -0.2) is 29.9 Å². The summed E-state index contributed by atoms with van der Waals surface area (Å²) >= 11 is 1.00. The highest BCUT2D eigenvalue weighted by Crippen LogP contribution is 2.55. The van der Waals surface area contributed by atoms with Gasteiger partial charge in [0.25, 0.3) is 0 Å². The fraction of sp³-hybridized carbons (Fsp3) is 0.200. The molecule has 3 rings (SSSR count). The molecule has 0 aliphatic rings. The van der Waals surface area contributed by atoms with Crippen molar-refractivity contribution >= 4 is 45.1 Å². The van der Waals surface area contributed by atoms with Crippen LogP contribution in [0.2, 0.25) is 0 Å². The molecule has 0 fully saturated rings. The zero-order valence-electron chi connectivity index (χ0n) is 16.6. The maximum Gasteiger partial charge on any atom is 0.435 e. The monoisotopic (exact) mass is 623 g/mol. The van der Waals surface area contributed by atoms with Gasteiger partial charge in [-0.25, -0.2) is 4.39 Å². The number of alkyl halides is 9. The fourth-order valence-corrected chi connectivity index (χ4v) is 3.88. The number of carbonyl (C=O) groups excluding carboxylic acids is 1. The SMILES string of the molecule is O=C(c1ccc2cccnc2c1)N([O-])c1c(I)cc(C(F)(C(F)(F)F)C(F)(F)F)cc1OC(F)F. The van der Waals surface area contributed by atoms with Crippen LogP contribution in [0.25, 0.3) is 10.9 Å². The Hall–Kier alpha value is -2.82. The van der Waals surface area contributed by atoms with Gasteiger partial charge in [0.1, 0.15) is 0 Å². The molecule has 0 spiro atoms.